The molecule has 0 aromatic heterocycles. The van der Waals surface area contributed by atoms with Gasteiger partial charge >= 0.3 is 5.97 Å². The van der Waals surface area contributed by atoms with Crippen molar-refractivity contribution in [3.8, 4) is 0 Å². The first kappa shape index (κ1) is 17.2. The molecule has 3 atom stereocenters. The molecule has 134 valence electrons. The van der Waals surface area contributed by atoms with Crippen LogP contribution in [0.1, 0.15) is 58.3 Å². The zero-order chi connectivity index (χ0) is 17.3. The summed E-state index contributed by atoms with van der Waals surface area (Å²) < 4.78 is 0. The van der Waals surface area contributed by atoms with Crippen LogP contribution in [0.15, 0.2) is 0 Å². The SMILES string of the molecule is CC1CCC(N2CC(C(=O)N[C@H]3CC[C@@H](C(=O)O)C3)CC2=O)CC1. The Labute approximate surface area is 143 Å². The smallest absolute Gasteiger partial charge is 0.306 e. The number of carboxylic acid groups (broad SMARTS) is 1. The van der Waals surface area contributed by atoms with Crippen molar-refractivity contribution in [2.45, 2.75) is 70.4 Å². The molecule has 24 heavy (non-hydrogen) atoms. The second-order valence-electron chi connectivity index (χ2n) is 7.91. The van der Waals surface area contributed by atoms with Crippen LogP contribution < -0.4 is 5.32 Å². The van der Waals surface area contributed by atoms with E-state index in [1.165, 1.54) is 0 Å². The van der Waals surface area contributed by atoms with E-state index in [9.17, 15) is 14.4 Å². The Hall–Kier alpha value is -1.59. The first-order valence-electron chi connectivity index (χ1n) is 9.26. The molecule has 6 nitrogen and oxygen atoms in total. The summed E-state index contributed by atoms with van der Waals surface area (Å²) in [5.41, 5.74) is 0. The molecule has 1 heterocycles. The maximum Gasteiger partial charge on any atom is 0.306 e. The van der Waals surface area contributed by atoms with Crippen LogP contribution >= 0.6 is 0 Å². The van der Waals surface area contributed by atoms with Gasteiger partial charge in [-0.05, 0) is 50.9 Å². The standard InChI is InChI=1S/C18H28N2O4/c1-11-2-6-15(7-3-11)20-10-13(9-16(20)21)17(22)19-14-5-4-12(8-14)18(23)24/h11-15H,2-10H2,1H3,(H,19,22)(H,23,24)/t11?,12-,13?,14+,15?/m1/s1. The molecule has 0 bridgehead atoms. The molecule has 2 N–H and O–H groups in total. The summed E-state index contributed by atoms with van der Waals surface area (Å²) in [7, 11) is 0. The van der Waals surface area contributed by atoms with Crippen molar-refractivity contribution in [2.75, 3.05) is 6.54 Å². The molecule has 0 radical (unpaired) electrons. The van der Waals surface area contributed by atoms with Crippen LogP contribution in [-0.2, 0) is 14.4 Å². The third-order valence-electron chi connectivity index (χ3n) is 6.08. The van der Waals surface area contributed by atoms with Crippen LogP contribution in [0.3, 0.4) is 0 Å². The molecule has 2 amide bonds. The minimum Gasteiger partial charge on any atom is -0.481 e. The number of nitrogens with one attached hydrogen (secondary N) is 1. The fourth-order valence-corrected chi connectivity index (χ4v) is 4.47. The Morgan fingerprint density at radius 2 is 1.79 bits per heavy atom. The predicted molar refractivity (Wildman–Crippen MR) is 88.1 cm³/mol. The van der Waals surface area contributed by atoms with E-state index in [-0.39, 0.29) is 29.7 Å². The van der Waals surface area contributed by atoms with Gasteiger partial charge in [0.25, 0.3) is 0 Å². The average molecular weight is 336 g/mol. The number of carbonyl (C=O) groups is 3. The van der Waals surface area contributed by atoms with Crippen molar-refractivity contribution >= 4 is 17.8 Å². The van der Waals surface area contributed by atoms with Gasteiger partial charge in [0.2, 0.25) is 11.8 Å². The molecule has 6 heteroatoms. The lowest BCUT2D eigenvalue weighted by molar-refractivity contribution is -0.141. The fraction of sp³-hybridized carbons (Fsp3) is 0.833. The zero-order valence-corrected chi connectivity index (χ0v) is 14.4. The molecule has 3 aliphatic rings. The van der Waals surface area contributed by atoms with Gasteiger partial charge in [-0.1, -0.05) is 6.92 Å². The average Bonchev–Trinajstić information content (AvgIpc) is 3.15. The maximum atomic E-state index is 12.5. The third kappa shape index (κ3) is 3.73. The Bertz CT molecular complexity index is 513. The highest BCUT2D eigenvalue weighted by molar-refractivity contribution is 5.89. The second-order valence-corrected chi connectivity index (χ2v) is 7.91. The van der Waals surface area contributed by atoms with E-state index < -0.39 is 5.97 Å². The monoisotopic (exact) mass is 336 g/mol. The van der Waals surface area contributed by atoms with Gasteiger partial charge in [-0.3, -0.25) is 14.4 Å². The molecule has 2 saturated carbocycles. The lowest BCUT2D eigenvalue weighted by Crippen LogP contribution is -2.41. The Balaban J connectivity index is 1.50. The van der Waals surface area contributed by atoms with Crippen molar-refractivity contribution in [3.05, 3.63) is 0 Å². The van der Waals surface area contributed by atoms with E-state index in [0.717, 1.165) is 31.6 Å². The highest BCUT2D eigenvalue weighted by atomic mass is 16.4. The summed E-state index contributed by atoms with van der Waals surface area (Å²) in [4.78, 5) is 37.7. The molecule has 0 spiro atoms. The minimum absolute atomic E-state index is 0.0571. The van der Waals surface area contributed by atoms with Crippen LogP contribution in [0.5, 0.6) is 0 Å². The van der Waals surface area contributed by atoms with Gasteiger partial charge in [0.1, 0.15) is 0 Å². The molecular weight excluding hydrogens is 308 g/mol. The first-order chi connectivity index (χ1) is 11.4. The van der Waals surface area contributed by atoms with Crippen LogP contribution in [0.4, 0.5) is 0 Å². The third-order valence-corrected chi connectivity index (χ3v) is 6.08. The van der Waals surface area contributed by atoms with E-state index in [1.807, 2.05) is 4.90 Å². The summed E-state index contributed by atoms with van der Waals surface area (Å²) >= 11 is 0. The summed E-state index contributed by atoms with van der Waals surface area (Å²) in [6.45, 7) is 2.78. The molecule has 2 aliphatic carbocycles. The van der Waals surface area contributed by atoms with Crippen molar-refractivity contribution in [1.29, 1.82) is 0 Å². The lowest BCUT2D eigenvalue weighted by atomic mass is 9.87. The van der Waals surface area contributed by atoms with Crippen molar-refractivity contribution in [3.63, 3.8) is 0 Å². The summed E-state index contributed by atoms with van der Waals surface area (Å²) in [5, 5.41) is 12.0. The maximum absolute atomic E-state index is 12.5. The van der Waals surface area contributed by atoms with Crippen molar-refractivity contribution < 1.29 is 19.5 Å². The second kappa shape index (κ2) is 7.11. The van der Waals surface area contributed by atoms with Gasteiger partial charge in [-0.25, -0.2) is 0 Å². The Kier molecular flexibility index (Phi) is 5.11. The first-order valence-corrected chi connectivity index (χ1v) is 9.26. The predicted octanol–water partition coefficient (Wildman–Crippen LogP) is 1.78. The zero-order valence-electron chi connectivity index (χ0n) is 14.4. The quantitative estimate of drug-likeness (QED) is 0.819. The molecule has 3 fully saturated rings. The number of rotatable bonds is 4. The largest absolute Gasteiger partial charge is 0.481 e. The van der Waals surface area contributed by atoms with Crippen molar-refractivity contribution in [2.24, 2.45) is 17.8 Å². The molecule has 3 rings (SSSR count). The Morgan fingerprint density at radius 1 is 1.08 bits per heavy atom. The highest BCUT2D eigenvalue weighted by Gasteiger charge is 2.40. The lowest BCUT2D eigenvalue weighted by Gasteiger charge is -2.33. The number of carbonyl (C=O) groups excluding carboxylic acids is 2. The summed E-state index contributed by atoms with van der Waals surface area (Å²) in [6, 6.07) is 0.243. The molecule has 1 aliphatic heterocycles. The van der Waals surface area contributed by atoms with Gasteiger partial charge in [-0.2, -0.15) is 0 Å². The van der Waals surface area contributed by atoms with Crippen LogP contribution in [0, 0.1) is 17.8 Å². The van der Waals surface area contributed by atoms with Gasteiger partial charge in [0.15, 0.2) is 0 Å². The number of carboxylic acids is 1. The number of hydrogen-bond acceptors (Lipinski definition) is 3. The topological polar surface area (TPSA) is 86.7 Å². The number of nitrogens with zero attached hydrogens (tertiary/aromatic N) is 1. The van der Waals surface area contributed by atoms with E-state index in [2.05, 4.69) is 12.2 Å². The number of likely N-dealkylation sites (tertiary alicyclic amines) is 1. The van der Waals surface area contributed by atoms with Gasteiger partial charge in [0, 0.05) is 25.0 Å². The van der Waals surface area contributed by atoms with Crippen LogP contribution in [-0.4, -0.2) is 46.4 Å². The number of hydrogen-bond donors (Lipinski definition) is 2. The van der Waals surface area contributed by atoms with Crippen LogP contribution in [0.25, 0.3) is 0 Å². The molecule has 0 aromatic rings. The summed E-state index contributed by atoms with van der Waals surface area (Å²) in [6.07, 6.45) is 6.55. The molecule has 0 aromatic carbocycles. The van der Waals surface area contributed by atoms with Crippen LogP contribution in [0.2, 0.25) is 0 Å². The normalized spacial score (nSPS) is 36.8. The van der Waals surface area contributed by atoms with E-state index in [4.69, 9.17) is 5.11 Å². The fourth-order valence-electron chi connectivity index (χ4n) is 4.47. The summed E-state index contributed by atoms with van der Waals surface area (Å²) in [5.74, 6) is -0.638. The minimum atomic E-state index is -0.777. The number of aliphatic carboxylic acids is 1. The molecule has 1 unspecified atom stereocenters. The van der Waals surface area contributed by atoms with Gasteiger partial charge < -0.3 is 15.3 Å². The highest BCUT2D eigenvalue weighted by Crippen LogP contribution is 2.32. The van der Waals surface area contributed by atoms with E-state index >= 15 is 0 Å². The van der Waals surface area contributed by atoms with Gasteiger partial charge in [0.05, 0.1) is 11.8 Å². The van der Waals surface area contributed by atoms with E-state index in [0.29, 0.717) is 38.3 Å². The Morgan fingerprint density at radius 3 is 2.42 bits per heavy atom. The van der Waals surface area contributed by atoms with Crippen molar-refractivity contribution in [1.82, 2.24) is 10.2 Å². The van der Waals surface area contributed by atoms with Gasteiger partial charge in [-0.15, -0.1) is 0 Å². The molecule has 1 saturated heterocycles. The number of amides is 2. The molecular formula is C18H28N2O4. The van der Waals surface area contributed by atoms with E-state index in [1.54, 1.807) is 0 Å².